The van der Waals surface area contributed by atoms with Crippen molar-refractivity contribution in [3.05, 3.63) is 58.8 Å². The maximum absolute atomic E-state index is 13.2. The molecule has 0 bridgehead atoms. The molecule has 0 spiro atoms. The van der Waals surface area contributed by atoms with Gasteiger partial charge in [-0.05, 0) is 49.9 Å². The standard InChI is InChI=1S/C20H20N2O2/c1-12-6-3-7-14-13(2)19(24-18(12)14)20(23)22-11-5-8-15-16(21)9-4-10-17(15)22/h3-4,6-7,9-10H,5,8,11,21H2,1-2H3. The molecule has 1 aliphatic heterocycles. The van der Waals surface area contributed by atoms with Crippen molar-refractivity contribution in [1.29, 1.82) is 0 Å². The van der Waals surface area contributed by atoms with Crippen molar-refractivity contribution in [1.82, 2.24) is 0 Å². The molecule has 4 heteroatoms. The summed E-state index contributed by atoms with van der Waals surface area (Å²) in [5.74, 6) is 0.337. The second-order valence-electron chi connectivity index (χ2n) is 6.41. The summed E-state index contributed by atoms with van der Waals surface area (Å²) in [5.41, 5.74) is 11.5. The number of furan rings is 1. The van der Waals surface area contributed by atoms with E-state index in [1.807, 2.05) is 50.2 Å². The quantitative estimate of drug-likeness (QED) is 0.683. The average molecular weight is 320 g/mol. The Morgan fingerprint density at radius 2 is 1.96 bits per heavy atom. The van der Waals surface area contributed by atoms with Gasteiger partial charge in [0.2, 0.25) is 0 Å². The summed E-state index contributed by atoms with van der Waals surface area (Å²) in [6.07, 6.45) is 1.81. The summed E-state index contributed by atoms with van der Waals surface area (Å²) < 4.78 is 5.97. The van der Waals surface area contributed by atoms with Crippen molar-refractivity contribution >= 4 is 28.3 Å². The van der Waals surface area contributed by atoms with Crippen LogP contribution in [0.4, 0.5) is 11.4 Å². The number of rotatable bonds is 1. The van der Waals surface area contributed by atoms with E-state index >= 15 is 0 Å². The van der Waals surface area contributed by atoms with Crippen molar-refractivity contribution in [3.8, 4) is 0 Å². The molecular weight excluding hydrogens is 300 g/mol. The molecule has 24 heavy (non-hydrogen) atoms. The lowest BCUT2D eigenvalue weighted by Gasteiger charge is -2.29. The minimum atomic E-state index is -0.0883. The first kappa shape index (κ1) is 14.8. The Kier molecular flexibility index (Phi) is 3.34. The van der Waals surface area contributed by atoms with E-state index < -0.39 is 0 Å². The van der Waals surface area contributed by atoms with Crippen molar-refractivity contribution in [3.63, 3.8) is 0 Å². The van der Waals surface area contributed by atoms with Gasteiger partial charge in [0.1, 0.15) is 5.58 Å². The van der Waals surface area contributed by atoms with Crippen LogP contribution in [0, 0.1) is 13.8 Å². The highest BCUT2D eigenvalue weighted by molar-refractivity contribution is 6.09. The van der Waals surface area contributed by atoms with Crippen molar-refractivity contribution in [2.24, 2.45) is 0 Å². The molecule has 2 heterocycles. The van der Waals surface area contributed by atoms with E-state index in [4.69, 9.17) is 10.2 Å². The third-order valence-corrected chi connectivity index (χ3v) is 4.89. The number of para-hydroxylation sites is 1. The Balaban J connectivity index is 1.83. The zero-order chi connectivity index (χ0) is 16.8. The molecule has 2 aromatic carbocycles. The molecule has 1 aliphatic rings. The number of anilines is 2. The topological polar surface area (TPSA) is 59.5 Å². The molecule has 0 saturated carbocycles. The fraction of sp³-hybridized carbons (Fsp3) is 0.250. The number of nitrogens with zero attached hydrogens (tertiary/aromatic N) is 1. The lowest BCUT2D eigenvalue weighted by molar-refractivity contribution is 0.0959. The Hall–Kier alpha value is -2.75. The Morgan fingerprint density at radius 3 is 2.75 bits per heavy atom. The molecule has 3 aromatic rings. The molecule has 0 unspecified atom stereocenters. The van der Waals surface area contributed by atoms with Gasteiger partial charge in [0.25, 0.3) is 5.91 Å². The van der Waals surface area contributed by atoms with E-state index in [2.05, 4.69) is 0 Å². The molecule has 4 rings (SSSR count). The van der Waals surface area contributed by atoms with Crippen molar-refractivity contribution in [2.75, 3.05) is 17.2 Å². The predicted octanol–water partition coefficient (Wildman–Crippen LogP) is 4.22. The molecule has 0 radical (unpaired) electrons. The molecule has 0 saturated heterocycles. The zero-order valence-electron chi connectivity index (χ0n) is 13.9. The molecule has 122 valence electrons. The van der Waals surface area contributed by atoms with Gasteiger partial charge in [-0.15, -0.1) is 0 Å². The van der Waals surface area contributed by atoms with Crippen LogP contribution in [0.2, 0.25) is 0 Å². The number of benzene rings is 2. The highest BCUT2D eigenvalue weighted by atomic mass is 16.3. The number of carbonyl (C=O) groups excluding carboxylic acids is 1. The van der Waals surface area contributed by atoms with E-state index in [0.717, 1.165) is 51.9 Å². The molecule has 0 aliphatic carbocycles. The largest absolute Gasteiger partial charge is 0.450 e. The smallest absolute Gasteiger partial charge is 0.294 e. The summed E-state index contributed by atoms with van der Waals surface area (Å²) in [4.78, 5) is 15.0. The van der Waals surface area contributed by atoms with Gasteiger partial charge in [-0.1, -0.05) is 24.3 Å². The van der Waals surface area contributed by atoms with E-state index in [-0.39, 0.29) is 5.91 Å². The number of nitrogen functional groups attached to an aromatic ring is 1. The van der Waals surface area contributed by atoms with Gasteiger partial charge in [-0.2, -0.15) is 0 Å². The Labute approximate surface area is 140 Å². The van der Waals surface area contributed by atoms with E-state index in [0.29, 0.717) is 12.3 Å². The van der Waals surface area contributed by atoms with Crippen LogP contribution in [0.1, 0.15) is 33.7 Å². The fourth-order valence-electron chi connectivity index (χ4n) is 3.57. The average Bonchev–Trinajstić information content (AvgIpc) is 2.93. The molecule has 0 atom stereocenters. The second-order valence-corrected chi connectivity index (χ2v) is 6.41. The summed E-state index contributed by atoms with van der Waals surface area (Å²) in [7, 11) is 0. The first-order valence-corrected chi connectivity index (χ1v) is 8.26. The number of fused-ring (bicyclic) bond motifs is 2. The van der Waals surface area contributed by atoms with Crippen LogP contribution in [-0.4, -0.2) is 12.5 Å². The highest BCUT2D eigenvalue weighted by Crippen LogP contribution is 2.34. The minimum absolute atomic E-state index is 0.0883. The highest BCUT2D eigenvalue weighted by Gasteiger charge is 2.28. The first-order chi connectivity index (χ1) is 11.6. The SMILES string of the molecule is Cc1c(C(=O)N2CCCc3c(N)cccc32)oc2c(C)cccc12. The van der Waals surface area contributed by atoms with E-state index in [1.165, 1.54) is 0 Å². The lowest BCUT2D eigenvalue weighted by atomic mass is 9.99. The minimum Gasteiger partial charge on any atom is -0.450 e. The third kappa shape index (κ3) is 2.10. The van der Waals surface area contributed by atoms with Crippen LogP contribution in [0.5, 0.6) is 0 Å². The van der Waals surface area contributed by atoms with Crippen molar-refractivity contribution in [2.45, 2.75) is 26.7 Å². The molecular formula is C20H20N2O2. The van der Waals surface area contributed by atoms with Crippen LogP contribution >= 0.6 is 0 Å². The molecule has 4 nitrogen and oxygen atoms in total. The lowest BCUT2D eigenvalue weighted by Crippen LogP contribution is -2.35. The van der Waals surface area contributed by atoms with Gasteiger partial charge in [0.05, 0.1) is 0 Å². The second kappa shape index (κ2) is 5.41. The summed E-state index contributed by atoms with van der Waals surface area (Å²) in [6.45, 7) is 4.63. The van der Waals surface area contributed by atoms with Crippen molar-refractivity contribution < 1.29 is 9.21 Å². The number of amides is 1. The summed E-state index contributed by atoms with van der Waals surface area (Å²) in [6, 6.07) is 11.7. The monoisotopic (exact) mass is 320 g/mol. The van der Waals surface area contributed by atoms with E-state index in [1.54, 1.807) is 4.90 Å². The Bertz CT molecular complexity index is 956. The van der Waals surface area contributed by atoms with Crippen LogP contribution < -0.4 is 10.6 Å². The van der Waals surface area contributed by atoms with Gasteiger partial charge >= 0.3 is 0 Å². The van der Waals surface area contributed by atoms with Crippen LogP contribution in [0.25, 0.3) is 11.0 Å². The number of hydrogen-bond acceptors (Lipinski definition) is 3. The zero-order valence-corrected chi connectivity index (χ0v) is 13.9. The van der Waals surface area contributed by atoms with Crippen LogP contribution in [-0.2, 0) is 6.42 Å². The molecule has 0 fully saturated rings. The van der Waals surface area contributed by atoms with Crippen LogP contribution in [0.15, 0.2) is 40.8 Å². The van der Waals surface area contributed by atoms with Gasteiger partial charge in [-0.3, -0.25) is 4.79 Å². The first-order valence-electron chi connectivity index (χ1n) is 8.26. The molecule has 1 aromatic heterocycles. The maximum atomic E-state index is 13.2. The normalized spacial score (nSPS) is 14.0. The molecule has 2 N–H and O–H groups in total. The number of aryl methyl sites for hydroxylation is 2. The number of nitrogens with two attached hydrogens (primary N) is 1. The number of hydrogen-bond donors (Lipinski definition) is 1. The Morgan fingerprint density at radius 1 is 1.17 bits per heavy atom. The fourth-order valence-corrected chi connectivity index (χ4v) is 3.57. The molecule has 1 amide bonds. The van der Waals surface area contributed by atoms with E-state index in [9.17, 15) is 4.79 Å². The van der Waals surface area contributed by atoms with Gasteiger partial charge in [-0.25, -0.2) is 0 Å². The van der Waals surface area contributed by atoms with Crippen LogP contribution in [0.3, 0.4) is 0 Å². The summed E-state index contributed by atoms with van der Waals surface area (Å²) in [5, 5.41) is 1.00. The summed E-state index contributed by atoms with van der Waals surface area (Å²) >= 11 is 0. The number of carbonyl (C=O) groups is 1. The van der Waals surface area contributed by atoms with Gasteiger partial charge < -0.3 is 15.1 Å². The van der Waals surface area contributed by atoms with Gasteiger partial charge in [0, 0.05) is 28.9 Å². The van der Waals surface area contributed by atoms with Gasteiger partial charge in [0.15, 0.2) is 5.76 Å². The maximum Gasteiger partial charge on any atom is 0.294 e. The predicted molar refractivity (Wildman–Crippen MR) is 96.5 cm³/mol. The third-order valence-electron chi connectivity index (χ3n) is 4.89.